The minimum Gasteiger partial charge on any atom is -0.438 e. The molecule has 0 saturated heterocycles. The molecule has 0 radical (unpaired) electrons. The molecule has 0 saturated carbocycles. The van der Waals surface area contributed by atoms with E-state index in [0.717, 1.165) is 34.4 Å². The molecule has 1 aliphatic heterocycles. The van der Waals surface area contributed by atoms with Gasteiger partial charge in [0, 0.05) is 6.54 Å². The van der Waals surface area contributed by atoms with Crippen molar-refractivity contribution in [3.05, 3.63) is 64.0 Å². The van der Waals surface area contributed by atoms with Crippen LogP contribution in [0.3, 0.4) is 0 Å². The molecule has 1 N–H and O–H groups in total. The van der Waals surface area contributed by atoms with Crippen LogP contribution in [0.2, 0.25) is 0 Å². The number of benzene rings is 2. The molecule has 0 aliphatic carbocycles. The molecular formula is C16H13BrN2O. The van der Waals surface area contributed by atoms with Gasteiger partial charge in [0.15, 0.2) is 5.58 Å². The molecule has 2 heterocycles. The van der Waals surface area contributed by atoms with E-state index in [1.807, 2.05) is 18.2 Å². The molecule has 0 amide bonds. The second-order valence-electron chi connectivity index (χ2n) is 5.05. The van der Waals surface area contributed by atoms with Crippen molar-refractivity contribution in [1.82, 2.24) is 10.3 Å². The largest absolute Gasteiger partial charge is 0.438 e. The van der Waals surface area contributed by atoms with Gasteiger partial charge in [-0.2, -0.15) is 0 Å². The van der Waals surface area contributed by atoms with Gasteiger partial charge < -0.3 is 9.73 Å². The number of hydrogen-bond acceptors (Lipinski definition) is 3. The molecule has 100 valence electrons. The van der Waals surface area contributed by atoms with E-state index in [0.29, 0.717) is 0 Å². The van der Waals surface area contributed by atoms with Gasteiger partial charge in [-0.15, -0.1) is 0 Å². The summed E-state index contributed by atoms with van der Waals surface area (Å²) in [6, 6.07) is 14.6. The first kappa shape index (κ1) is 12.1. The molecule has 1 aliphatic rings. The number of nitrogens with one attached hydrogen (secondary N) is 1. The van der Waals surface area contributed by atoms with E-state index in [2.05, 4.69) is 50.5 Å². The van der Waals surface area contributed by atoms with Gasteiger partial charge in [0.25, 0.3) is 0 Å². The fraction of sp³-hybridized carbons (Fsp3) is 0.188. The minimum absolute atomic E-state index is 0.143. The molecule has 2 aromatic carbocycles. The normalized spacial score (nSPS) is 18.1. The first-order valence-corrected chi connectivity index (χ1v) is 7.46. The smallest absolute Gasteiger partial charge is 0.213 e. The van der Waals surface area contributed by atoms with Crippen LogP contribution in [0.15, 0.2) is 51.4 Å². The van der Waals surface area contributed by atoms with E-state index in [1.54, 1.807) is 0 Å². The maximum Gasteiger partial charge on any atom is 0.213 e. The third-order valence-electron chi connectivity index (χ3n) is 3.76. The first-order chi connectivity index (χ1) is 9.81. The number of oxazole rings is 1. The van der Waals surface area contributed by atoms with E-state index in [4.69, 9.17) is 4.42 Å². The van der Waals surface area contributed by atoms with Crippen LogP contribution >= 0.6 is 15.9 Å². The van der Waals surface area contributed by atoms with E-state index < -0.39 is 0 Å². The summed E-state index contributed by atoms with van der Waals surface area (Å²) in [5, 5.41) is 3.50. The topological polar surface area (TPSA) is 38.1 Å². The summed E-state index contributed by atoms with van der Waals surface area (Å²) in [5.74, 6) is 0.765. The molecule has 1 unspecified atom stereocenters. The highest BCUT2D eigenvalue weighted by Crippen LogP contribution is 2.30. The lowest BCUT2D eigenvalue weighted by atomic mass is 9.96. The Morgan fingerprint density at radius 2 is 1.95 bits per heavy atom. The Hall–Kier alpha value is -1.65. The molecule has 3 nitrogen and oxygen atoms in total. The van der Waals surface area contributed by atoms with Crippen LogP contribution in [0.4, 0.5) is 0 Å². The summed E-state index contributed by atoms with van der Waals surface area (Å²) in [4.78, 5) is 4.61. The average Bonchev–Trinajstić information content (AvgIpc) is 2.92. The number of hydrogen-bond donors (Lipinski definition) is 1. The predicted molar refractivity (Wildman–Crippen MR) is 81.4 cm³/mol. The highest BCUT2D eigenvalue weighted by molar-refractivity contribution is 9.10. The molecule has 0 fully saturated rings. The number of rotatable bonds is 1. The molecular weight excluding hydrogens is 316 g/mol. The van der Waals surface area contributed by atoms with Crippen LogP contribution < -0.4 is 5.32 Å². The van der Waals surface area contributed by atoms with Crippen LogP contribution in [0.25, 0.3) is 11.1 Å². The summed E-state index contributed by atoms with van der Waals surface area (Å²) in [6.07, 6.45) is 0.917. The van der Waals surface area contributed by atoms with Crippen molar-refractivity contribution in [1.29, 1.82) is 0 Å². The van der Waals surface area contributed by atoms with Crippen LogP contribution in [0.1, 0.15) is 23.1 Å². The minimum atomic E-state index is 0.143. The van der Waals surface area contributed by atoms with E-state index in [9.17, 15) is 0 Å². The lowest BCUT2D eigenvalue weighted by Crippen LogP contribution is -2.28. The standard InChI is InChI=1S/C16H13BrN2O/c17-12-6-3-7-13-15(12)20-16(19-13)14-8-10-4-1-2-5-11(10)9-18-14/h1-7,14,18H,8-9H2. The van der Waals surface area contributed by atoms with Crippen molar-refractivity contribution >= 4 is 27.0 Å². The Kier molecular flexibility index (Phi) is 2.86. The zero-order valence-electron chi connectivity index (χ0n) is 10.8. The number of halogens is 1. The zero-order chi connectivity index (χ0) is 13.5. The van der Waals surface area contributed by atoms with E-state index in [1.165, 1.54) is 11.1 Å². The van der Waals surface area contributed by atoms with E-state index >= 15 is 0 Å². The van der Waals surface area contributed by atoms with Crippen molar-refractivity contribution in [3.63, 3.8) is 0 Å². The van der Waals surface area contributed by atoms with Gasteiger partial charge in [-0.05, 0) is 45.6 Å². The van der Waals surface area contributed by atoms with Gasteiger partial charge >= 0.3 is 0 Å². The van der Waals surface area contributed by atoms with E-state index in [-0.39, 0.29) is 6.04 Å². The molecule has 1 aromatic heterocycles. The maximum absolute atomic E-state index is 5.93. The summed E-state index contributed by atoms with van der Waals surface area (Å²) in [6.45, 7) is 0.862. The lowest BCUT2D eigenvalue weighted by Gasteiger charge is -2.23. The molecule has 4 heteroatoms. The summed E-state index contributed by atoms with van der Waals surface area (Å²) in [5.41, 5.74) is 4.46. The van der Waals surface area contributed by atoms with Gasteiger partial charge in [0.1, 0.15) is 5.52 Å². The molecule has 0 spiro atoms. The van der Waals surface area contributed by atoms with Gasteiger partial charge in [-0.1, -0.05) is 30.3 Å². The quantitative estimate of drug-likeness (QED) is 0.734. The van der Waals surface area contributed by atoms with Crippen LogP contribution in [0, 0.1) is 0 Å². The molecule has 4 rings (SSSR count). The SMILES string of the molecule is Brc1cccc2nc(C3Cc4ccccc4CN3)oc12. The third-order valence-corrected chi connectivity index (χ3v) is 4.39. The predicted octanol–water partition coefficient (Wildman–Crippen LogP) is 3.98. The number of aromatic nitrogens is 1. The fourth-order valence-corrected chi connectivity index (χ4v) is 3.15. The summed E-state index contributed by atoms with van der Waals surface area (Å²) < 4.78 is 6.88. The van der Waals surface area contributed by atoms with Gasteiger partial charge in [0.05, 0.1) is 10.5 Å². The van der Waals surface area contributed by atoms with Gasteiger partial charge in [0.2, 0.25) is 5.89 Å². The summed E-state index contributed by atoms with van der Waals surface area (Å²) >= 11 is 3.51. The molecule has 3 aromatic rings. The highest BCUT2D eigenvalue weighted by Gasteiger charge is 2.23. The Morgan fingerprint density at radius 1 is 1.10 bits per heavy atom. The molecule has 20 heavy (non-hydrogen) atoms. The van der Waals surface area contributed by atoms with Crippen LogP contribution in [-0.4, -0.2) is 4.98 Å². The summed E-state index contributed by atoms with van der Waals surface area (Å²) in [7, 11) is 0. The third kappa shape index (κ3) is 1.96. The maximum atomic E-state index is 5.93. The second-order valence-corrected chi connectivity index (χ2v) is 5.90. The number of para-hydroxylation sites is 1. The van der Waals surface area contributed by atoms with Gasteiger partial charge in [-0.3, -0.25) is 0 Å². The Balaban J connectivity index is 1.72. The first-order valence-electron chi connectivity index (χ1n) is 6.66. The number of fused-ring (bicyclic) bond motifs is 2. The molecule has 1 atom stereocenters. The van der Waals surface area contributed by atoms with Crippen molar-refractivity contribution < 1.29 is 4.42 Å². The van der Waals surface area contributed by atoms with Crippen molar-refractivity contribution in [2.45, 2.75) is 19.0 Å². The Labute approximate surface area is 125 Å². The lowest BCUT2D eigenvalue weighted by molar-refractivity contribution is 0.395. The monoisotopic (exact) mass is 328 g/mol. The number of nitrogens with zero attached hydrogens (tertiary/aromatic N) is 1. The van der Waals surface area contributed by atoms with Crippen LogP contribution in [0.5, 0.6) is 0 Å². The Bertz CT molecular complexity index is 781. The van der Waals surface area contributed by atoms with Crippen LogP contribution in [-0.2, 0) is 13.0 Å². The average molecular weight is 329 g/mol. The Morgan fingerprint density at radius 3 is 2.80 bits per heavy atom. The molecule has 0 bridgehead atoms. The zero-order valence-corrected chi connectivity index (χ0v) is 12.4. The second kappa shape index (κ2) is 4.72. The van der Waals surface area contributed by atoms with Gasteiger partial charge in [-0.25, -0.2) is 4.98 Å². The fourth-order valence-electron chi connectivity index (χ4n) is 2.71. The highest BCUT2D eigenvalue weighted by atomic mass is 79.9. The van der Waals surface area contributed by atoms with Crippen molar-refractivity contribution in [2.75, 3.05) is 0 Å². The van der Waals surface area contributed by atoms with Crippen molar-refractivity contribution in [2.24, 2.45) is 0 Å². The van der Waals surface area contributed by atoms with Crippen molar-refractivity contribution in [3.8, 4) is 0 Å².